The van der Waals surface area contributed by atoms with E-state index in [9.17, 15) is 9.59 Å². The molecule has 2 atom stereocenters. The molecule has 1 heterocycles. The highest BCUT2D eigenvalue weighted by Crippen LogP contribution is 2.33. The van der Waals surface area contributed by atoms with Crippen molar-refractivity contribution in [3.8, 4) is 0 Å². The summed E-state index contributed by atoms with van der Waals surface area (Å²) in [6.45, 7) is 6.84. The van der Waals surface area contributed by atoms with Crippen molar-refractivity contribution in [2.24, 2.45) is 0 Å². The zero-order valence-electron chi connectivity index (χ0n) is 21.9. The number of rotatable bonds is 10. The minimum Gasteiger partial charge on any atom is -0.482 e. The lowest BCUT2D eigenvalue weighted by atomic mass is 9.89. The highest BCUT2D eigenvalue weighted by molar-refractivity contribution is 9.10. The summed E-state index contributed by atoms with van der Waals surface area (Å²) in [4.78, 5) is 30.5. The first-order valence-electron chi connectivity index (χ1n) is 13.4. The number of morpholine rings is 1. The predicted molar refractivity (Wildman–Crippen MR) is 151 cm³/mol. The Morgan fingerprint density at radius 2 is 1.95 bits per heavy atom. The number of nitrogens with zero attached hydrogens (tertiary/aromatic N) is 2. The van der Waals surface area contributed by atoms with E-state index in [1.54, 1.807) is 11.0 Å². The Bertz CT molecular complexity index is 1090. The van der Waals surface area contributed by atoms with Gasteiger partial charge in [-0.25, -0.2) is 0 Å². The van der Waals surface area contributed by atoms with E-state index >= 15 is 0 Å². The summed E-state index contributed by atoms with van der Waals surface area (Å²) in [7, 11) is 0. The maximum atomic E-state index is 13.4. The molecule has 1 saturated heterocycles. The number of fused-ring (bicyclic) bond motifs is 1. The van der Waals surface area contributed by atoms with Gasteiger partial charge in [0.05, 0.1) is 6.04 Å². The van der Waals surface area contributed by atoms with Gasteiger partial charge < -0.3 is 15.0 Å². The van der Waals surface area contributed by atoms with Crippen molar-refractivity contribution in [2.45, 2.75) is 70.7 Å². The molecule has 2 amide bonds. The number of carbonyl (C=O) groups is 2. The fourth-order valence-corrected chi connectivity index (χ4v) is 5.58. The van der Waals surface area contributed by atoms with Crippen LogP contribution >= 0.6 is 15.9 Å². The number of hydrogen-bond acceptors (Lipinski definition) is 4. The second-order valence-electron chi connectivity index (χ2n) is 10.3. The molecule has 1 aliphatic carbocycles. The number of halogens is 1. The SMILES string of the molecule is CC(C)N(CCCNC(=O)CN1C(=O)/C(=C\c2cccc(Br)c2)OC2CCCCC21)Cc1ccccc1. The van der Waals surface area contributed by atoms with Crippen LogP contribution in [0.3, 0.4) is 0 Å². The lowest BCUT2D eigenvalue weighted by molar-refractivity contribution is -0.151. The maximum absolute atomic E-state index is 13.4. The molecular formula is C30H38BrN3O3. The Labute approximate surface area is 229 Å². The van der Waals surface area contributed by atoms with Crippen molar-refractivity contribution < 1.29 is 14.3 Å². The molecule has 0 spiro atoms. The van der Waals surface area contributed by atoms with E-state index in [1.165, 1.54) is 5.56 Å². The maximum Gasteiger partial charge on any atom is 0.289 e. The van der Waals surface area contributed by atoms with Crippen LogP contribution in [0.15, 0.2) is 64.8 Å². The number of ether oxygens (including phenoxy) is 1. The zero-order chi connectivity index (χ0) is 26.2. The third kappa shape index (κ3) is 7.68. The van der Waals surface area contributed by atoms with Crippen LogP contribution in [0.2, 0.25) is 0 Å². The topological polar surface area (TPSA) is 61.9 Å². The lowest BCUT2D eigenvalue weighted by Gasteiger charge is -2.44. The third-order valence-corrected chi connectivity index (χ3v) is 7.67. The minimum atomic E-state index is -0.202. The summed E-state index contributed by atoms with van der Waals surface area (Å²) in [6, 6.07) is 18.6. The van der Waals surface area contributed by atoms with Crippen LogP contribution in [-0.2, 0) is 20.9 Å². The second-order valence-corrected chi connectivity index (χ2v) is 11.2. The second kappa shape index (κ2) is 13.2. The molecule has 198 valence electrons. The van der Waals surface area contributed by atoms with Crippen molar-refractivity contribution in [1.82, 2.24) is 15.1 Å². The first kappa shape index (κ1) is 27.4. The van der Waals surface area contributed by atoms with Crippen LogP contribution in [0, 0.1) is 0 Å². The first-order chi connectivity index (χ1) is 17.9. The summed E-state index contributed by atoms with van der Waals surface area (Å²) >= 11 is 3.48. The van der Waals surface area contributed by atoms with E-state index in [2.05, 4.69) is 64.3 Å². The van der Waals surface area contributed by atoms with E-state index in [0.717, 1.165) is 55.2 Å². The van der Waals surface area contributed by atoms with Gasteiger partial charge in [0.25, 0.3) is 5.91 Å². The summed E-state index contributed by atoms with van der Waals surface area (Å²) in [5.41, 5.74) is 2.18. The Hall–Kier alpha value is -2.64. The molecular weight excluding hydrogens is 530 g/mol. The molecule has 4 rings (SSSR count). The number of hydrogen-bond donors (Lipinski definition) is 1. The van der Waals surface area contributed by atoms with Crippen molar-refractivity contribution in [1.29, 1.82) is 0 Å². The molecule has 2 aliphatic rings. The molecule has 1 N–H and O–H groups in total. The van der Waals surface area contributed by atoms with Gasteiger partial charge in [-0.1, -0.05) is 64.8 Å². The Morgan fingerprint density at radius 1 is 1.16 bits per heavy atom. The predicted octanol–water partition coefficient (Wildman–Crippen LogP) is 5.38. The average Bonchev–Trinajstić information content (AvgIpc) is 2.89. The van der Waals surface area contributed by atoms with Crippen LogP contribution < -0.4 is 5.32 Å². The van der Waals surface area contributed by atoms with Gasteiger partial charge in [0, 0.05) is 30.1 Å². The quantitative estimate of drug-likeness (QED) is 0.309. The van der Waals surface area contributed by atoms with E-state index in [-0.39, 0.29) is 30.5 Å². The van der Waals surface area contributed by atoms with Gasteiger partial charge in [0.1, 0.15) is 12.6 Å². The van der Waals surface area contributed by atoms with Crippen molar-refractivity contribution >= 4 is 33.8 Å². The van der Waals surface area contributed by atoms with Crippen LogP contribution in [0.25, 0.3) is 6.08 Å². The van der Waals surface area contributed by atoms with Gasteiger partial charge in [-0.05, 0) is 68.9 Å². The molecule has 37 heavy (non-hydrogen) atoms. The Balaban J connectivity index is 1.33. The number of nitrogens with one attached hydrogen (secondary N) is 1. The van der Waals surface area contributed by atoms with Crippen molar-refractivity contribution in [3.63, 3.8) is 0 Å². The molecule has 6 nitrogen and oxygen atoms in total. The zero-order valence-corrected chi connectivity index (χ0v) is 23.5. The van der Waals surface area contributed by atoms with E-state index in [0.29, 0.717) is 18.3 Å². The van der Waals surface area contributed by atoms with Crippen LogP contribution in [0.4, 0.5) is 0 Å². The van der Waals surface area contributed by atoms with Gasteiger partial charge in [0.15, 0.2) is 5.76 Å². The third-order valence-electron chi connectivity index (χ3n) is 7.18. The average molecular weight is 569 g/mol. The molecule has 0 bridgehead atoms. The standard InChI is InChI=1S/C30H38BrN3O3/c1-22(2)33(20-23-10-4-3-5-11-23)17-9-16-32-29(35)21-34-26-14-6-7-15-27(26)37-28(30(34)36)19-24-12-8-13-25(31)18-24/h3-5,8,10-13,18-19,22,26-27H,6-7,9,14-17,20-21H2,1-2H3,(H,32,35)/b28-19+. The molecule has 2 unspecified atom stereocenters. The molecule has 1 aliphatic heterocycles. The largest absolute Gasteiger partial charge is 0.482 e. The lowest BCUT2D eigenvalue weighted by Crippen LogP contribution is -2.57. The smallest absolute Gasteiger partial charge is 0.289 e. The van der Waals surface area contributed by atoms with Gasteiger partial charge in [-0.3, -0.25) is 14.5 Å². The normalized spacial score (nSPS) is 20.7. The fourth-order valence-electron chi connectivity index (χ4n) is 5.17. The molecule has 0 radical (unpaired) electrons. The Kier molecular flexibility index (Phi) is 9.81. The summed E-state index contributed by atoms with van der Waals surface area (Å²) < 4.78 is 7.11. The number of carbonyl (C=O) groups excluding carboxylic acids is 2. The van der Waals surface area contributed by atoms with Crippen LogP contribution in [-0.4, -0.2) is 59.4 Å². The number of amides is 2. The molecule has 2 fully saturated rings. The summed E-state index contributed by atoms with van der Waals surface area (Å²) in [5, 5.41) is 3.05. The van der Waals surface area contributed by atoms with Crippen molar-refractivity contribution in [3.05, 3.63) is 76.0 Å². The van der Waals surface area contributed by atoms with E-state index < -0.39 is 0 Å². The molecule has 7 heteroatoms. The highest BCUT2D eigenvalue weighted by atomic mass is 79.9. The fraction of sp³-hybridized carbons (Fsp3) is 0.467. The molecule has 2 aromatic carbocycles. The van der Waals surface area contributed by atoms with Crippen LogP contribution in [0.5, 0.6) is 0 Å². The van der Waals surface area contributed by atoms with Crippen molar-refractivity contribution in [2.75, 3.05) is 19.6 Å². The molecule has 0 aromatic heterocycles. The van der Waals surface area contributed by atoms with E-state index in [4.69, 9.17) is 4.74 Å². The highest BCUT2D eigenvalue weighted by Gasteiger charge is 2.42. The monoisotopic (exact) mass is 567 g/mol. The summed E-state index contributed by atoms with van der Waals surface area (Å²) in [6.07, 6.45) is 6.48. The number of benzene rings is 2. The molecule has 2 aromatic rings. The van der Waals surface area contributed by atoms with Gasteiger partial charge >= 0.3 is 0 Å². The van der Waals surface area contributed by atoms with Gasteiger partial charge in [0.2, 0.25) is 5.91 Å². The van der Waals surface area contributed by atoms with Gasteiger partial charge in [-0.15, -0.1) is 0 Å². The van der Waals surface area contributed by atoms with Crippen LogP contribution in [0.1, 0.15) is 57.1 Å². The summed E-state index contributed by atoms with van der Waals surface area (Å²) in [5.74, 6) is 0.00944. The Morgan fingerprint density at radius 3 is 2.70 bits per heavy atom. The minimum absolute atomic E-state index is 0.0473. The first-order valence-corrected chi connectivity index (χ1v) is 14.2. The molecule has 1 saturated carbocycles. The van der Waals surface area contributed by atoms with Gasteiger partial charge in [-0.2, -0.15) is 0 Å². The van der Waals surface area contributed by atoms with E-state index in [1.807, 2.05) is 30.3 Å².